The molecule has 0 aliphatic heterocycles. The Morgan fingerprint density at radius 1 is 1.22 bits per heavy atom. The van der Waals surface area contributed by atoms with Gasteiger partial charge in [-0.2, -0.15) is 5.10 Å². The van der Waals surface area contributed by atoms with Crippen LogP contribution in [0.2, 0.25) is 0 Å². The molecule has 0 bridgehead atoms. The van der Waals surface area contributed by atoms with Crippen LogP contribution in [0.3, 0.4) is 0 Å². The highest BCUT2D eigenvalue weighted by atomic mass is 16.5. The molecule has 3 rings (SSSR count). The zero-order valence-corrected chi connectivity index (χ0v) is 15.0. The predicted octanol–water partition coefficient (Wildman–Crippen LogP) is 2.05. The number of hydrogen-bond donors (Lipinski definition) is 3. The maximum Gasteiger partial charge on any atom is 0.251 e. The molecular formula is C19H20N4O4. The molecule has 0 spiro atoms. The molecule has 1 aromatic heterocycles. The van der Waals surface area contributed by atoms with E-state index in [1.54, 1.807) is 43.6 Å². The first kappa shape index (κ1) is 18.2. The number of carbonyl (C=O) groups excluding carboxylic acids is 2. The Morgan fingerprint density at radius 2 is 1.96 bits per heavy atom. The number of carbonyl (C=O) groups is 2. The Balaban J connectivity index is 1.59. The molecule has 0 aliphatic rings. The molecule has 0 atom stereocenters. The zero-order chi connectivity index (χ0) is 19.4. The van der Waals surface area contributed by atoms with Gasteiger partial charge in [0.15, 0.2) is 0 Å². The second kappa shape index (κ2) is 7.77. The molecule has 8 heteroatoms. The van der Waals surface area contributed by atoms with Gasteiger partial charge in [-0.05, 0) is 43.3 Å². The van der Waals surface area contributed by atoms with Crippen molar-refractivity contribution in [2.75, 3.05) is 18.5 Å². The van der Waals surface area contributed by atoms with Gasteiger partial charge in [0.1, 0.15) is 17.0 Å². The van der Waals surface area contributed by atoms with E-state index < -0.39 is 5.91 Å². The van der Waals surface area contributed by atoms with E-state index in [4.69, 9.17) is 4.74 Å². The molecule has 2 amide bonds. The molecule has 0 saturated heterocycles. The van der Waals surface area contributed by atoms with Gasteiger partial charge >= 0.3 is 0 Å². The number of nitrogens with one attached hydrogen (secondary N) is 2. The first-order valence-corrected chi connectivity index (χ1v) is 8.43. The van der Waals surface area contributed by atoms with E-state index in [1.807, 2.05) is 6.92 Å². The van der Waals surface area contributed by atoms with Gasteiger partial charge in [0.2, 0.25) is 5.91 Å². The van der Waals surface area contributed by atoms with Gasteiger partial charge in [-0.25, -0.2) is 0 Å². The average molecular weight is 368 g/mol. The molecule has 8 nitrogen and oxygen atoms in total. The minimum Gasteiger partial charge on any atom is -0.506 e. The summed E-state index contributed by atoms with van der Waals surface area (Å²) in [4.78, 5) is 24.3. The lowest BCUT2D eigenvalue weighted by molar-refractivity contribution is -0.115. The van der Waals surface area contributed by atoms with Crippen molar-refractivity contribution in [2.45, 2.75) is 6.92 Å². The molecule has 27 heavy (non-hydrogen) atoms. The topological polar surface area (TPSA) is 105 Å². The average Bonchev–Trinajstić information content (AvgIpc) is 3.03. The van der Waals surface area contributed by atoms with Crippen molar-refractivity contribution in [2.24, 2.45) is 7.05 Å². The van der Waals surface area contributed by atoms with Crippen molar-refractivity contribution in [1.29, 1.82) is 0 Å². The number of rotatable bonds is 6. The van der Waals surface area contributed by atoms with Crippen LogP contribution in [-0.4, -0.2) is 39.9 Å². The van der Waals surface area contributed by atoms with E-state index in [2.05, 4.69) is 15.7 Å². The standard InChI is InChI=1S/C19H20N4O4/c1-3-27-15-6-4-14(5-7-15)22-17(25)11-20-19(26)12-8-13-10-21-23(2)18(13)16(24)9-12/h4-10,24H,3,11H2,1-2H3,(H,20,26)(H,22,25). The van der Waals surface area contributed by atoms with Crippen LogP contribution in [-0.2, 0) is 11.8 Å². The molecule has 1 heterocycles. The molecule has 0 aliphatic carbocycles. The Kier molecular flexibility index (Phi) is 5.25. The van der Waals surface area contributed by atoms with Gasteiger partial charge in [0.25, 0.3) is 5.91 Å². The third kappa shape index (κ3) is 4.17. The lowest BCUT2D eigenvalue weighted by Gasteiger charge is -2.09. The summed E-state index contributed by atoms with van der Waals surface area (Å²) in [6.45, 7) is 2.26. The molecule has 3 aromatic rings. The van der Waals surface area contributed by atoms with Gasteiger partial charge in [-0.1, -0.05) is 0 Å². The molecule has 0 unspecified atom stereocenters. The summed E-state index contributed by atoms with van der Waals surface area (Å²) in [7, 11) is 1.70. The number of aryl methyl sites for hydroxylation is 1. The highest BCUT2D eigenvalue weighted by Crippen LogP contribution is 2.25. The van der Waals surface area contributed by atoms with E-state index in [9.17, 15) is 14.7 Å². The molecule has 140 valence electrons. The second-order valence-corrected chi connectivity index (χ2v) is 5.89. The quantitative estimate of drug-likeness (QED) is 0.617. The van der Waals surface area contributed by atoms with Gasteiger partial charge in [0, 0.05) is 23.7 Å². The Labute approximate surface area is 155 Å². The van der Waals surface area contributed by atoms with Crippen LogP contribution in [0, 0.1) is 0 Å². The third-order valence-corrected chi connectivity index (χ3v) is 3.93. The van der Waals surface area contributed by atoms with Crippen molar-refractivity contribution < 1.29 is 19.4 Å². The number of hydrogen-bond acceptors (Lipinski definition) is 5. The number of fused-ring (bicyclic) bond motifs is 1. The lowest BCUT2D eigenvalue weighted by atomic mass is 10.1. The summed E-state index contributed by atoms with van der Waals surface area (Å²) in [6.07, 6.45) is 1.56. The summed E-state index contributed by atoms with van der Waals surface area (Å²) in [5.41, 5.74) is 1.40. The van der Waals surface area contributed by atoms with Gasteiger partial charge in [0.05, 0.1) is 19.3 Å². The Morgan fingerprint density at radius 3 is 2.67 bits per heavy atom. The fourth-order valence-electron chi connectivity index (χ4n) is 2.70. The number of aromatic hydroxyl groups is 1. The summed E-state index contributed by atoms with van der Waals surface area (Å²) < 4.78 is 6.86. The maximum absolute atomic E-state index is 12.3. The first-order valence-electron chi connectivity index (χ1n) is 8.43. The molecule has 0 radical (unpaired) electrons. The SMILES string of the molecule is CCOc1ccc(NC(=O)CNC(=O)c2cc(O)c3c(cnn3C)c2)cc1. The molecular weight excluding hydrogens is 348 g/mol. The zero-order valence-electron chi connectivity index (χ0n) is 15.0. The van der Waals surface area contributed by atoms with E-state index in [1.165, 1.54) is 10.7 Å². The fraction of sp³-hybridized carbons (Fsp3) is 0.211. The highest BCUT2D eigenvalue weighted by Gasteiger charge is 2.13. The number of amides is 2. The minimum absolute atomic E-state index is 0.0449. The first-order chi connectivity index (χ1) is 13.0. The van der Waals surface area contributed by atoms with Crippen LogP contribution in [0.15, 0.2) is 42.6 Å². The normalized spacial score (nSPS) is 10.6. The summed E-state index contributed by atoms with van der Waals surface area (Å²) >= 11 is 0. The van der Waals surface area contributed by atoms with Crippen LogP contribution in [0.1, 0.15) is 17.3 Å². The summed E-state index contributed by atoms with van der Waals surface area (Å²) in [5.74, 6) is -0.150. The Hall–Kier alpha value is -3.55. The van der Waals surface area contributed by atoms with Gasteiger partial charge in [-0.15, -0.1) is 0 Å². The van der Waals surface area contributed by atoms with Gasteiger partial charge < -0.3 is 20.5 Å². The van der Waals surface area contributed by atoms with E-state index in [-0.39, 0.29) is 23.8 Å². The fourth-order valence-corrected chi connectivity index (χ4v) is 2.70. The van der Waals surface area contributed by atoms with E-state index >= 15 is 0 Å². The molecule has 2 aromatic carbocycles. The van der Waals surface area contributed by atoms with Crippen LogP contribution in [0.5, 0.6) is 11.5 Å². The van der Waals surface area contributed by atoms with Crippen molar-refractivity contribution in [1.82, 2.24) is 15.1 Å². The second-order valence-electron chi connectivity index (χ2n) is 5.89. The van der Waals surface area contributed by atoms with Crippen LogP contribution < -0.4 is 15.4 Å². The maximum atomic E-state index is 12.3. The number of ether oxygens (including phenoxy) is 1. The van der Waals surface area contributed by atoms with Crippen molar-refractivity contribution in [3.05, 3.63) is 48.2 Å². The minimum atomic E-state index is -0.460. The number of nitrogens with zero attached hydrogens (tertiary/aromatic N) is 2. The predicted molar refractivity (Wildman–Crippen MR) is 101 cm³/mol. The number of anilines is 1. The number of phenolic OH excluding ortho intramolecular Hbond substituents is 1. The Bertz CT molecular complexity index is 979. The monoisotopic (exact) mass is 368 g/mol. The van der Waals surface area contributed by atoms with E-state index in [0.29, 0.717) is 23.2 Å². The number of phenols is 1. The van der Waals surface area contributed by atoms with Crippen molar-refractivity contribution >= 4 is 28.4 Å². The van der Waals surface area contributed by atoms with Crippen LogP contribution >= 0.6 is 0 Å². The van der Waals surface area contributed by atoms with Gasteiger partial charge in [-0.3, -0.25) is 14.3 Å². The van der Waals surface area contributed by atoms with Crippen molar-refractivity contribution in [3.8, 4) is 11.5 Å². The number of benzene rings is 2. The smallest absolute Gasteiger partial charge is 0.251 e. The van der Waals surface area contributed by atoms with Crippen LogP contribution in [0.4, 0.5) is 5.69 Å². The molecule has 0 fully saturated rings. The number of aromatic nitrogens is 2. The highest BCUT2D eigenvalue weighted by molar-refractivity contribution is 6.02. The molecule has 0 saturated carbocycles. The van der Waals surface area contributed by atoms with E-state index in [0.717, 1.165) is 5.75 Å². The van der Waals surface area contributed by atoms with Crippen LogP contribution in [0.25, 0.3) is 10.9 Å². The summed E-state index contributed by atoms with van der Waals surface area (Å²) in [6, 6.07) is 9.91. The lowest BCUT2D eigenvalue weighted by Crippen LogP contribution is -2.32. The summed E-state index contributed by atoms with van der Waals surface area (Å²) in [5, 5.41) is 20.0. The largest absolute Gasteiger partial charge is 0.506 e. The third-order valence-electron chi connectivity index (χ3n) is 3.93. The molecule has 3 N–H and O–H groups in total. The van der Waals surface area contributed by atoms with Crippen molar-refractivity contribution in [3.63, 3.8) is 0 Å².